The Labute approximate surface area is 123 Å². The Bertz CT molecular complexity index is 819. The first-order valence-corrected chi connectivity index (χ1v) is 6.73. The van der Waals surface area contributed by atoms with Gasteiger partial charge in [-0.2, -0.15) is 0 Å². The average molecular weight is 311 g/mol. The molecule has 0 saturated heterocycles. The minimum absolute atomic E-state index is 0.0638. The van der Waals surface area contributed by atoms with Gasteiger partial charge in [0, 0.05) is 12.1 Å². The van der Waals surface area contributed by atoms with E-state index in [0.717, 1.165) is 17.7 Å². The summed E-state index contributed by atoms with van der Waals surface area (Å²) in [6, 6.07) is 7.37. The Hall–Kier alpha value is -2.01. The third-order valence-corrected chi connectivity index (χ3v) is 3.46. The molecule has 1 aromatic heterocycles. The molecule has 0 amide bonds. The molecule has 0 unspecified atom stereocenters. The third kappa shape index (κ3) is 2.27. The molecule has 0 N–H and O–H groups in total. The van der Waals surface area contributed by atoms with Gasteiger partial charge in [0.2, 0.25) is 0 Å². The second-order valence-electron chi connectivity index (χ2n) is 4.71. The van der Waals surface area contributed by atoms with Crippen LogP contribution >= 0.6 is 11.6 Å². The van der Waals surface area contributed by atoms with Crippen LogP contribution in [0.15, 0.2) is 30.3 Å². The molecule has 3 aromatic rings. The molecule has 6 heteroatoms. The highest BCUT2D eigenvalue weighted by atomic mass is 35.5. The number of aryl methyl sites for hydroxylation is 1. The number of nitrogens with zero attached hydrogens (tertiary/aromatic N) is 2. The highest BCUT2D eigenvalue weighted by Gasteiger charge is 2.16. The Morgan fingerprint density at radius 2 is 1.76 bits per heavy atom. The van der Waals surface area contributed by atoms with Gasteiger partial charge in [0.25, 0.3) is 0 Å². The van der Waals surface area contributed by atoms with Crippen molar-refractivity contribution in [2.75, 3.05) is 0 Å². The normalized spacial score (nSPS) is 11.3. The summed E-state index contributed by atoms with van der Waals surface area (Å²) in [7, 11) is 0. The number of imidazole rings is 1. The van der Waals surface area contributed by atoms with Crippen LogP contribution < -0.4 is 0 Å². The van der Waals surface area contributed by atoms with Crippen LogP contribution in [0.5, 0.6) is 0 Å². The number of benzene rings is 2. The van der Waals surface area contributed by atoms with Gasteiger partial charge in [-0.25, -0.2) is 18.2 Å². The van der Waals surface area contributed by atoms with E-state index >= 15 is 0 Å². The van der Waals surface area contributed by atoms with Crippen LogP contribution in [0.2, 0.25) is 0 Å². The zero-order chi connectivity index (χ0) is 15.1. The van der Waals surface area contributed by atoms with E-state index in [1.807, 2.05) is 19.1 Å². The molecule has 1 heterocycles. The van der Waals surface area contributed by atoms with Gasteiger partial charge in [0.05, 0.1) is 22.6 Å². The third-order valence-electron chi connectivity index (χ3n) is 3.23. The summed E-state index contributed by atoms with van der Waals surface area (Å²) in [6.45, 7) is 1.89. The van der Waals surface area contributed by atoms with Gasteiger partial charge in [0.1, 0.15) is 5.82 Å². The summed E-state index contributed by atoms with van der Waals surface area (Å²) in [4.78, 5) is 4.32. The van der Waals surface area contributed by atoms with Crippen LogP contribution in [0.3, 0.4) is 0 Å². The molecule has 108 valence electrons. The zero-order valence-corrected chi connectivity index (χ0v) is 11.8. The zero-order valence-electron chi connectivity index (χ0n) is 11.0. The molecule has 0 radical (unpaired) electrons. The Morgan fingerprint density at radius 1 is 1.10 bits per heavy atom. The first kappa shape index (κ1) is 13.9. The lowest BCUT2D eigenvalue weighted by molar-refractivity contribution is 0.446. The lowest BCUT2D eigenvalue weighted by Crippen LogP contribution is -2.02. The Kier molecular flexibility index (Phi) is 3.37. The maximum Gasteiger partial charge on any atom is 0.194 e. The van der Waals surface area contributed by atoms with Gasteiger partial charge in [-0.05, 0) is 24.6 Å². The van der Waals surface area contributed by atoms with E-state index in [0.29, 0.717) is 16.9 Å². The average Bonchev–Trinajstić information content (AvgIpc) is 2.81. The molecule has 2 aromatic carbocycles. The standard InChI is InChI=1S/C15H10ClF3N2/c1-8-2-3-12-13(4-8)21(14(7-16)20-12)9-5-10(17)15(19)11(18)6-9/h2-6H,7H2,1H3. The summed E-state index contributed by atoms with van der Waals surface area (Å²) in [5.41, 5.74) is 2.43. The minimum Gasteiger partial charge on any atom is -0.295 e. The SMILES string of the molecule is Cc1ccc2nc(CCl)n(-c3cc(F)c(F)c(F)c3)c2c1. The highest BCUT2D eigenvalue weighted by molar-refractivity contribution is 6.17. The molecular formula is C15H10ClF3N2. The van der Waals surface area contributed by atoms with E-state index < -0.39 is 17.5 Å². The van der Waals surface area contributed by atoms with Crippen molar-refractivity contribution < 1.29 is 13.2 Å². The van der Waals surface area contributed by atoms with Crippen LogP contribution in [0.1, 0.15) is 11.4 Å². The molecule has 0 aliphatic rings. The van der Waals surface area contributed by atoms with Crippen LogP contribution in [0.4, 0.5) is 13.2 Å². The van der Waals surface area contributed by atoms with E-state index in [1.54, 1.807) is 6.07 Å². The minimum atomic E-state index is -1.49. The molecule has 2 nitrogen and oxygen atoms in total. The van der Waals surface area contributed by atoms with Crippen molar-refractivity contribution in [3.05, 3.63) is 59.2 Å². The molecule has 0 bridgehead atoms. The number of halogens is 4. The van der Waals surface area contributed by atoms with Gasteiger partial charge >= 0.3 is 0 Å². The number of rotatable bonds is 2. The smallest absolute Gasteiger partial charge is 0.194 e. The quantitative estimate of drug-likeness (QED) is 0.504. The predicted molar refractivity (Wildman–Crippen MR) is 75.2 cm³/mol. The Balaban J connectivity index is 2.35. The van der Waals surface area contributed by atoms with E-state index in [4.69, 9.17) is 11.6 Å². The van der Waals surface area contributed by atoms with Crippen LogP contribution in [-0.4, -0.2) is 9.55 Å². The van der Waals surface area contributed by atoms with Crippen LogP contribution in [-0.2, 0) is 5.88 Å². The highest BCUT2D eigenvalue weighted by Crippen LogP contribution is 2.25. The summed E-state index contributed by atoms with van der Waals surface area (Å²) in [5, 5.41) is 0. The van der Waals surface area contributed by atoms with Gasteiger partial charge < -0.3 is 0 Å². The van der Waals surface area contributed by atoms with Crippen molar-refractivity contribution in [1.29, 1.82) is 0 Å². The monoisotopic (exact) mass is 310 g/mol. The van der Waals surface area contributed by atoms with Gasteiger partial charge in [0.15, 0.2) is 17.5 Å². The summed E-state index contributed by atoms with van der Waals surface area (Å²) >= 11 is 5.86. The van der Waals surface area contributed by atoms with Crippen molar-refractivity contribution in [2.45, 2.75) is 12.8 Å². The number of alkyl halides is 1. The summed E-state index contributed by atoms with van der Waals surface area (Å²) in [6.07, 6.45) is 0. The molecule has 0 spiro atoms. The fraction of sp³-hybridized carbons (Fsp3) is 0.133. The summed E-state index contributed by atoms with van der Waals surface area (Å²) in [5.74, 6) is -3.50. The number of hydrogen-bond acceptors (Lipinski definition) is 1. The maximum atomic E-state index is 13.5. The Morgan fingerprint density at radius 3 is 2.38 bits per heavy atom. The molecule has 0 saturated carbocycles. The van der Waals surface area contributed by atoms with Crippen LogP contribution in [0.25, 0.3) is 16.7 Å². The van der Waals surface area contributed by atoms with Gasteiger partial charge in [-0.1, -0.05) is 6.07 Å². The largest absolute Gasteiger partial charge is 0.295 e. The predicted octanol–water partition coefficient (Wildman–Crippen LogP) is 4.49. The van der Waals surface area contributed by atoms with Crippen molar-refractivity contribution in [3.8, 4) is 5.69 Å². The fourth-order valence-corrected chi connectivity index (χ4v) is 2.46. The van der Waals surface area contributed by atoms with Crippen molar-refractivity contribution >= 4 is 22.6 Å². The van der Waals surface area contributed by atoms with Crippen LogP contribution in [0, 0.1) is 24.4 Å². The van der Waals surface area contributed by atoms with E-state index in [9.17, 15) is 13.2 Å². The fourth-order valence-electron chi connectivity index (χ4n) is 2.28. The van der Waals surface area contributed by atoms with E-state index in [-0.39, 0.29) is 11.6 Å². The van der Waals surface area contributed by atoms with E-state index in [2.05, 4.69) is 4.98 Å². The number of aromatic nitrogens is 2. The molecule has 3 rings (SSSR count). The first-order chi connectivity index (χ1) is 10.0. The maximum absolute atomic E-state index is 13.5. The lowest BCUT2D eigenvalue weighted by Gasteiger charge is -2.09. The van der Waals surface area contributed by atoms with Crippen molar-refractivity contribution in [1.82, 2.24) is 9.55 Å². The molecule has 0 atom stereocenters. The number of hydrogen-bond donors (Lipinski definition) is 0. The summed E-state index contributed by atoms with van der Waals surface area (Å²) < 4.78 is 41.6. The first-order valence-electron chi connectivity index (χ1n) is 6.20. The molecule has 0 fully saturated rings. The van der Waals surface area contributed by atoms with Crippen molar-refractivity contribution in [2.24, 2.45) is 0 Å². The number of fused-ring (bicyclic) bond motifs is 1. The van der Waals surface area contributed by atoms with Crippen molar-refractivity contribution in [3.63, 3.8) is 0 Å². The topological polar surface area (TPSA) is 17.8 Å². The second kappa shape index (κ2) is 5.07. The molecule has 0 aliphatic carbocycles. The van der Waals surface area contributed by atoms with Gasteiger partial charge in [-0.3, -0.25) is 4.57 Å². The van der Waals surface area contributed by atoms with E-state index in [1.165, 1.54) is 4.57 Å². The molecule has 21 heavy (non-hydrogen) atoms. The molecular weight excluding hydrogens is 301 g/mol. The second-order valence-corrected chi connectivity index (χ2v) is 4.98. The lowest BCUT2D eigenvalue weighted by atomic mass is 10.2. The van der Waals surface area contributed by atoms with Gasteiger partial charge in [-0.15, -0.1) is 11.6 Å². The molecule has 0 aliphatic heterocycles.